The van der Waals surface area contributed by atoms with Crippen LogP contribution in [0.1, 0.15) is 13.3 Å². The van der Waals surface area contributed by atoms with Crippen LogP contribution in [0, 0.1) is 0 Å². The molecule has 0 fully saturated rings. The fraction of sp³-hybridized carbons (Fsp3) is 0.875. The van der Waals surface area contributed by atoms with Crippen molar-refractivity contribution in [2.45, 2.75) is 78.8 Å². The van der Waals surface area contributed by atoms with Crippen LogP contribution in [-0.2, 0) is 53.9 Å². The van der Waals surface area contributed by atoms with E-state index in [1.54, 1.807) is 0 Å². The van der Waals surface area contributed by atoms with Crippen molar-refractivity contribution >= 4 is 43.0 Å². The molecule has 0 aliphatic rings. The van der Waals surface area contributed by atoms with E-state index in [9.17, 15) is 0 Å². The summed E-state index contributed by atoms with van der Waals surface area (Å²) < 4.78 is 31.2. The maximum atomic E-state index is 6.54. The minimum absolute atomic E-state index is 0. The van der Waals surface area contributed by atoms with E-state index < -0.39 is 43.0 Å². The van der Waals surface area contributed by atoms with Crippen LogP contribution in [0.5, 0.6) is 0 Å². The van der Waals surface area contributed by atoms with Gasteiger partial charge in [-0.05, 0) is 71.9 Å². The van der Waals surface area contributed by atoms with Gasteiger partial charge in [0.05, 0.1) is 6.23 Å². The Balaban J connectivity index is -0.00000185. The van der Waals surface area contributed by atoms with Crippen molar-refractivity contribution in [1.82, 2.24) is 0 Å². The van der Waals surface area contributed by atoms with Crippen molar-refractivity contribution in [3.8, 4) is 0 Å². The first kappa shape index (κ1) is 33.4. The van der Waals surface area contributed by atoms with E-state index in [0.717, 1.165) is 13.0 Å². The van der Waals surface area contributed by atoms with Gasteiger partial charge in [0.2, 0.25) is 0 Å². The largest absolute Gasteiger partial charge is 0.437 e. The second-order valence-electron chi connectivity index (χ2n) is 8.71. The monoisotopic (exact) mass is 544 g/mol. The molecular formula is C16H43O5Si5Y. The third-order valence-corrected chi connectivity index (χ3v) is 17.9. The second-order valence-corrected chi connectivity index (χ2v) is 26.8. The molecule has 0 aliphatic heterocycles. The molecule has 160 valence electrons. The maximum absolute atomic E-state index is 6.54. The van der Waals surface area contributed by atoms with Crippen LogP contribution < -0.4 is 0 Å². The Bertz CT molecular complexity index is 390. The molecule has 0 bridgehead atoms. The number of hydrogen-bond donors (Lipinski definition) is 0. The molecule has 1 unspecified atom stereocenters. The quantitative estimate of drug-likeness (QED) is 0.188. The minimum atomic E-state index is -2.51. The van der Waals surface area contributed by atoms with Gasteiger partial charge in [0.1, 0.15) is 0 Å². The summed E-state index contributed by atoms with van der Waals surface area (Å²) in [6.07, 6.45) is 1.52. The van der Waals surface area contributed by atoms with E-state index in [4.69, 9.17) is 21.2 Å². The van der Waals surface area contributed by atoms with Crippen molar-refractivity contribution in [3.63, 3.8) is 0 Å². The van der Waals surface area contributed by atoms with E-state index in [2.05, 4.69) is 85.6 Å². The number of rotatable bonds is 12. The summed E-state index contributed by atoms with van der Waals surface area (Å²) in [4.78, 5) is 0. The van der Waals surface area contributed by atoms with Crippen molar-refractivity contribution < 1.29 is 53.9 Å². The summed E-state index contributed by atoms with van der Waals surface area (Å²) in [6.45, 7) is 30.4. The molecule has 0 heterocycles. The first-order valence-corrected chi connectivity index (χ1v) is 23.2. The molecule has 0 rings (SSSR count). The summed E-state index contributed by atoms with van der Waals surface area (Å²) in [5.74, 6) is 0. The SMILES string of the molecule is C=C.CCCOC[Si](C)(O[Si](C)O[Si](C)(C)C)O[Si](C)(C)O[Si](C)(C)C.[Y]. The molecular weight excluding hydrogens is 502 g/mol. The third kappa shape index (κ3) is 20.8. The van der Waals surface area contributed by atoms with E-state index in [0.29, 0.717) is 6.23 Å². The van der Waals surface area contributed by atoms with Gasteiger partial charge in [-0.3, -0.25) is 0 Å². The summed E-state index contributed by atoms with van der Waals surface area (Å²) in [7, 11) is -9.42. The van der Waals surface area contributed by atoms with E-state index in [1.807, 2.05) is 0 Å². The van der Waals surface area contributed by atoms with Gasteiger partial charge in [-0.1, -0.05) is 6.92 Å². The second kappa shape index (κ2) is 14.7. The zero-order valence-corrected chi connectivity index (χ0v) is 27.5. The smallest absolute Gasteiger partial charge is 0.360 e. The summed E-state index contributed by atoms with van der Waals surface area (Å²) in [5.41, 5.74) is 0. The average molecular weight is 545 g/mol. The van der Waals surface area contributed by atoms with E-state index in [-0.39, 0.29) is 32.7 Å². The van der Waals surface area contributed by atoms with Crippen LogP contribution in [0.15, 0.2) is 13.2 Å². The minimum Gasteiger partial charge on any atom is -0.437 e. The zero-order valence-electron chi connectivity index (χ0n) is 19.7. The molecule has 0 aromatic heterocycles. The normalized spacial score (nSPS) is 14.8. The van der Waals surface area contributed by atoms with Gasteiger partial charge >= 0.3 is 26.4 Å². The predicted molar refractivity (Wildman–Crippen MR) is 124 cm³/mol. The maximum Gasteiger partial charge on any atom is 0.360 e. The molecule has 0 saturated carbocycles. The standard InChI is InChI=1S/C14H39O5Si5.C2H4.Y/c1-12-13-15-14-24(11,17-20(2)16-21(3,4)5)19-23(9,10)18-22(6,7)8;1-2;/h12-14H2,1-11H3;1-2H2;. The van der Waals surface area contributed by atoms with Crippen LogP contribution in [-0.4, -0.2) is 55.9 Å². The van der Waals surface area contributed by atoms with Gasteiger partial charge in [-0.2, -0.15) is 0 Å². The van der Waals surface area contributed by atoms with Gasteiger partial charge < -0.3 is 21.2 Å². The Morgan fingerprint density at radius 3 is 1.63 bits per heavy atom. The van der Waals surface area contributed by atoms with Crippen LogP contribution >= 0.6 is 0 Å². The summed E-state index contributed by atoms with van der Waals surface area (Å²) in [5, 5.41) is 0. The summed E-state index contributed by atoms with van der Waals surface area (Å²) >= 11 is 0. The van der Waals surface area contributed by atoms with Gasteiger partial charge in [0.25, 0.3) is 0 Å². The van der Waals surface area contributed by atoms with Gasteiger partial charge in [-0.15, -0.1) is 13.2 Å². The summed E-state index contributed by atoms with van der Waals surface area (Å²) in [6, 6.07) is 0. The molecule has 0 N–H and O–H groups in total. The van der Waals surface area contributed by atoms with E-state index >= 15 is 0 Å². The van der Waals surface area contributed by atoms with Gasteiger partial charge in [-0.25, -0.2) is 0 Å². The fourth-order valence-electron chi connectivity index (χ4n) is 2.52. The van der Waals surface area contributed by atoms with Crippen LogP contribution in [0.3, 0.4) is 0 Å². The molecule has 0 spiro atoms. The molecule has 0 amide bonds. The first-order valence-electron chi connectivity index (χ1n) is 9.27. The topological polar surface area (TPSA) is 46.2 Å². The third-order valence-electron chi connectivity index (χ3n) is 2.54. The zero-order chi connectivity index (χ0) is 21.2. The van der Waals surface area contributed by atoms with Gasteiger partial charge in [0.15, 0.2) is 16.6 Å². The molecule has 5 nitrogen and oxygen atoms in total. The molecule has 27 heavy (non-hydrogen) atoms. The van der Waals surface area contributed by atoms with Crippen molar-refractivity contribution in [2.24, 2.45) is 0 Å². The van der Waals surface area contributed by atoms with E-state index in [1.165, 1.54) is 0 Å². The fourth-order valence-corrected chi connectivity index (χ4v) is 21.1. The Kier molecular flexibility index (Phi) is 18.1. The Morgan fingerprint density at radius 2 is 1.26 bits per heavy atom. The molecule has 0 aromatic carbocycles. The van der Waals surface area contributed by atoms with Crippen molar-refractivity contribution in [3.05, 3.63) is 13.2 Å². The van der Waals surface area contributed by atoms with Gasteiger partial charge in [0, 0.05) is 39.3 Å². The Morgan fingerprint density at radius 1 is 0.778 bits per heavy atom. The number of ether oxygens (including phenoxy) is 1. The predicted octanol–water partition coefficient (Wildman–Crippen LogP) is 5.38. The molecule has 0 saturated heterocycles. The molecule has 2 radical (unpaired) electrons. The number of hydrogen-bond acceptors (Lipinski definition) is 5. The average Bonchev–Trinajstić information content (AvgIpc) is 2.34. The Labute approximate surface area is 200 Å². The van der Waals surface area contributed by atoms with Crippen LogP contribution in [0.4, 0.5) is 0 Å². The molecule has 0 aromatic rings. The van der Waals surface area contributed by atoms with Crippen LogP contribution in [0.2, 0.25) is 65.5 Å². The van der Waals surface area contributed by atoms with Crippen molar-refractivity contribution in [1.29, 1.82) is 0 Å². The molecule has 11 heteroatoms. The Hall–Kier alpha value is 1.73. The molecule has 1 atom stereocenters. The van der Waals surface area contributed by atoms with Crippen molar-refractivity contribution in [2.75, 3.05) is 12.8 Å². The van der Waals surface area contributed by atoms with Crippen LogP contribution in [0.25, 0.3) is 0 Å². The first-order chi connectivity index (χ1) is 11.6. The molecule has 0 aliphatic carbocycles.